The molecule has 5 aromatic carbocycles. The number of primary amides is 1. The van der Waals surface area contributed by atoms with Gasteiger partial charge in [0.25, 0.3) is 0 Å². The Kier molecular flexibility index (Phi) is 29.2. The van der Waals surface area contributed by atoms with Crippen molar-refractivity contribution in [3.8, 4) is 22.6 Å². The highest BCUT2D eigenvalue weighted by molar-refractivity contribution is 7.86. The fraction of sp³-hybridized carbons (Fsp3) is 0.462. The number of carbonyl (C=O) groups is 3. The van der Waals surface area contributed by atoms with Crippen LogP contribution in [0.1, 0.15) is 183 Å². The molecule has 4 N–H and O–H groups in total. The summed E-state index contributed by atoms with van der Waals surface area (Å²) < 4.78 is 59.2. The summed E-state index contributed by atoms with van der Waals surface area (Å²) in [5.74, 6) is -0.918. The number of hydrogen-bond donors (Lipinski definition) is 3. The molecule has 15 heteroatoms. The smallest absolute Gasteiger partial charge is 0.410 e. The predicted octanol–water partition coefficient (Wildman–Crippen LogP) is 15.5. The summed E-state index contributed by atoms with van der Waals surface area (Å²) in [5, 5.41) is 5.62. The van der Waals surface area contributed by atoms with Crippen molar-refractivity contribution >= 4 is 39.7 Å². The lowest BCUT2D eigenvalue weighted by Crippen LogP contribution is -2.37. The highest BCUT2D eigenvalue weighted by Gasteiger charge is 2.34. The van der Waals surface area contributed by atoms with Gasteiger partial charge in [0.1, 0.15) is 18.0 Å². The maximum atomic E-state index is 13.6. The minimum atomic E-state index is -4.24. The van der Waals surface area contributed by atoms with Crippen LogP contribution in [0, 0.1) is 5.82 Å². The van der Waals surface area contributed by atoms with E-state index in [1.54, 1.807) is 42.5 Å². The predicted molar refractivity (Wildman–Crippen MR) is 319 cm³/mol. The fourth-order valence-corrected chi connectivity index (χ4v) is 10.4. The summed E-state index contributed by atoms with van der Waals surface area (Å²) in [6.45, 7) is 5.80. The Labute approximate surface area is 475 Å². The average Bonchev–Trinajstić information content (AvgIpc) is 3.82. The zero-order chi connectivity index (χ0) is 57.2. The first-order chi connectivity index (χ1) is 38.8. The topological polar surface area (TPSA) is 169 Å². The highest BCUT2D eigenvalue weighted by Crippen LogP contribution is 2.26. The van der Waals surface area contributed by atoms with Crippen LogP contribution in [0.3, 0.4) is 0 Å². The number of unbranched alkanes of at least 4 members (excludes halogenated alkanes) is 16. The number of aliphatic imine (C=N–C) groups is 1. The summed E-state index contributed by atoms with van der Waals surface area (Å²) in [7, 11) is -4.24. The van der Waals surface area contributed by atoms with E-state index in [2.05, 4.69) is 65.5 Å². The second-order valence-corrected chi connectivity index (χ2v) is 22.2. The van der Waals surface area contributed by atoms with E-state index < -0.39 is 34.1 Å². The Balaban J connectivity index is 0.000000231. The standard InChI is InChI=1S/C29H30FN3O2.C20H22N2O3.C16H33FO2S/c1-22-32-27(23-14-6-4-7-15-23)28(24-16-8-5-9-17-24)33(22)21-13-3-2-12-20-31-29(34)35-26-19-11-10-18-25(26)30;21-19(23)16-8-4-6-14(12-16)15-7-5-11-18(13-15)25-20(24)22-17-9-2-1-3-10-17;1-2-3-4-5-6-7-8-9-10-11-12-13-14-15-16-20(17,18)19/h4-11,14-19,22H,2-3,12-13,20-21H2,1H3;4-8,11-13,17H,1-3,9-10H2,(H2,21,23)(H,22,24);2-16H2,1H3/p+1. The van der Waals surface area contributed by atoms with Gasteiger partial charge in [-0.1, -0.05) is 201 Å². The van der Waals surface area contributed by atoms with Gasteiger partial charge in [-0.2, -0.15) is 8.42 Å². The summed E-state index contributed by atoms with van der Waals surface area (Å²) in [6, 6.07) is 41.2. The number of ether oxygens (including phenoxy) is 2. The van der Waals surface area contributed by atoms with Crippen molar-refractivity contribution < 1.29 is 45.1 Å². The molecule has 1 aliphatic heterocycles. The molecule has 0 radical (unpaired) electrons. The van der Waals surface area contributed by atoms with Crippen LogP contribution in [-0.4, -0.2) is 73.6 Å². The average molecular weight is 1120 g/mol. The van der Waals surface area contributed by atoms with E-state index >= 15 is 0 Å². The fourth-order valence-electron chi connectivity index (χ4n) is 9.87. The molecule has 0 aromatic heterocycles. The Bertz CT molecular complexity index is 2810. The number of rotatable bonds is 29. The zero-order valence-corrected chi connectivity index (χ0v) is 48.1. The maximum Gasteiger partial charge on any atom is 0.412 e. The third-order valence-electron chi connectivity index (χ3n) is 14.2. The van der Waals surface area contributed by atoms with E-state index in [1.165, 1.54) is 94.0 Å². The largest absolute Gasteiger partial charge is 0.412 e. The molecule has 1 atom stereocenters. The van der Waals surface area contributed by atoms with Gasteiger partial charge in [0.2, 0.25) is 17.8 Å². The Morgan fingerprint density at radius 1 is 0.613 bits per heavy atom. The van der Waals surface area contributed by atoms with Crippen LogP contribution in [0.5, 0.6) is 11.5 Å². The number of benzene rings is 5. The lowest BCUT2D eigenvalue weighted by atomic mass is 9.96. The normalized spacial score (nSPS) is 14.2. The van der Waals surface area contributed by atoms with Gasteiger partial charge in [-0.3, -0.25) is 4.79 Å². The quantitative estimate of drug-likeness (QED) is 0.0243. The molecule has 5 aromatic rings. The van der Waals surface area contributed by atoms with Gasteiger partial charge in [0.15, 0.2) is 11.6 Å². The molecule has 1 heterocycles. The number of halogens is 2. The van der Waals surface area contributed by atoms with Gasteiger partial charge in [0.05, 0.1) is 5.75 Å². The van der Waals surface area contributed by atoms with Gasteiger partial charge in [-0.05, 0) is 91.8 Å². The molecule has 3 amide bonds. The first-order valence-corrected chi connectivity index (χ1v) is 30.8. The van der Waals surface area contributed by atoms with Gasteiger partial charge < -0.3 is 25.8 Å². The number of hydrogen-bond acceptors (Lipinski definition) is 8. The molecule has 1 unspecified atom stereocenters. The second-order valence-electron chi connectivity index (χ2n) is 20.7. The number of nitrogens with zero attached hydrogens (tertiary/aromatic N) is 2. The van der Waals surface area contributed by atoms with Crippen LogP contribution in [-0.2, 0) is 10.2 Å². The van der Waals surface area contributed by atoms with Crippen LogP contribution >= 0.6 is 0 Å². The molecule has 1 saturated carbocycles. The number of para-hydroxylation sites is 1. The molecule has 12 nitrogen and oxygen atoms in total. The monoisotopic (exact) mass is 1120 g/mol. The van der Waals surface area contributed by atoms with Crippen molar-refractivity contribution in [2.45, 2.75) is 174 Å². The molecule has 1 aliphatic carbocycles. The molecule has 80 heavy (non-hydrogen) atoms. The number of nitrogens with two attached hydrogens (primary N) is 1. The third-order valence-corrected chi connectivity index (χ3v) is 15.0. The van der Waals surface area contributed by atoms with Gasteiger partial charge >= 0.3 is 22.4 Å². The second kappa shape index (κ2) is 36.5. The molecule has 2 aliphatic rings. The summed E-state index contributed by atoms with van der Waals surface area (Å²) in [5.41, 5.74) is 12.0. The Morgan fingerprint density at radius 3 is 1.76 bits per heavy atom. The van der Waals surface area contributed by atoms with Crippen molar-refractivity contribution in [1.82, 2.24) is 10.6 Å². The first kappa shape index (κ1) is 64.1. The van der Waals surface area contributed by atoms with E-state index in [-0.39, 0.29) is 23.7 Å². The van der Waals surface area contributed by atoms with Crippen LogP contribution in [0.4, 0.5) is 17.9 Å². The summed E-state index contributed by atoms with van der Waals surface area (Å²) in [6.07, 6.45) is 25.4. The number of nitrogens with one attached hydrogen (secondary N) is 2. The maximum absolute atomic E-state index is 13.6. The van der Waals surface area contributed by atoms with Crippen molar-refractivity contribution in [3.63, 3.8) is 0 Å². The van der Waals surface area contributed by atoms with Crippen LogP contribution in [0.25, 0.3) is 11.1 Å². The Hall–Kier alpha value is -6.74. The molecule has 432 valence electrons. The van der Waals surface area contributed by atoms with Crippen LogP contribution < -0.4 is 25.8 Å². The van der Waals surface area contributed by atoms with Crippen molar-refractivity contribution in [2.24, 2.45) is 10.7 Å². The van der Waals surface area contributed by atoms with Crippen molar-refractivity contribution in [2.75, 3.05) is 18.8 Å². The minimum absolute atomic E-state index is 0.0627. The summed E-state index contributed by atoms with van der Waals surface area (Å²) in [4.78, 5) is 40.3. The molecule has 1 fully saturated rings. The zero-order valence-electron chi connectivity index (χ0n) is 47.2. The van der Waals surface area contributed by atoms with Crippen LogP contribution in [0.2, 0.25) is 0 Å². The number of amides is 3. The molecule has 0 saturated heterocycles. The van der Waals surface area contributed by atoms with E-state index in [4.69, 9.17) is 20.2 Å². The summed E-state index contributed by atoms with van der Waals surface area (Å²) >= 11 is 0. The lowest BCUT2D eigenvalue weighted by molar-refractivity contribution is -0.555. The third kappa shape index (κ3) is 24.7. The molecule has 0 spiro atoms. The minimum Gasteiger partial charge on any atom is -0.410 e. The van der Waals surface area contributed by atoms with E-state index in [1.807, 2.05) is 42.5 Å². The molecular weight excluding hydrogens is 1030 g/mol. The van der Waals surface area contributed by atoms with E-state index in [0.29, 0.717) is 24.3 Å². The SMILES string of the molecule is CC1N=C(c2ccccc2)C(c2ccccc2)=[N+]1CCCCCCNC(=O)Oc1ccccc1F.CCCCCCCCCCCCCCCCS(=O)(=O)F.NC(=O)c1cccc(-c2cccc(OC(=O)NC3CCCCC3)c2)c1. The Morgan fingerprint density at radius 2 is 1.15 bits per heavy atom. The first-order valence-electron chi connectivity index (χ1n) is 29.2. The van der Waals surface area contributed by atoms with Gasteiger partial charge in [0, 0.05) is 42.6 Å². The highest BCUT2D eigenvalue weighted by atomic mass is 32.3. The molecule has 7 rings (SSSR count). The molecular formula is C65H86F2N5O7S+. The van der Waals surface area contributed by atoms with Gasteiger partial charge in [-0.25, -0.2) is 23.5 Å². The van der Waals surface area contributed by atoms with Crippen molar-refractivity contribution in [1.29, 1.82) is 0 Å². The lowest BCUT2D eigenvalue weighted by Gasteiger charge is -2.22. The van der Waals surface area contributed by atoms with E-state index in [9.17, 15) is 31.1 Å². The van der Waals surface area contributed by atoms with E-state index in [0.717, 1.165) is 99.6 Å². The molecule has 0 bridgehead atoms. The van der Waals surface area contributed by atoms with Crippen molar-refractivity contribution in [3.05, 3.63) is 156 Å². The number of carbonyl (C=O) groups excluding carboxylic acids is 3. The van der Waals surface area contributed by atoms with Crippen LogP contribution in [0.15, 0.2) is 138 Å². The van der Waals surface area contributed by atoms with Gasteiger partial charge in [-0.15, -0.1) is 3.89 Å².